The van der Waals surface area contributed by atoms with E-state index in [-0.39, 0.29) is 23.8 Å². The molecule has 1 aliphatic rings. The summed E-state index contributed by atoms with van der Waals surface area (Å²) in [6, 6.07) is 6.35. The van der Waals surface area contributed by atoms with Crippen LogP contribution in [0, 0.1) is 6.92 Å². The SMILES string of the molecule is COc1ccc(N2CNc3cc(C(F)(F)F)ccc3C2=O)c(C)n1. The lowest BCUT2D eigenvalue weighted by Gasteiger charge is -2.31. The number of nitrogens with zero attached hydrogens (tertiary/aromatic N) is 2. The number of carbonyl (C=O) groups excluding carboxylic acids is 1. The van der Waals surface area contributed by atoms with E-state index in [0.717, 1.165) is 12.1 Å². The minimum absolute atomic E-state index is 0.0575. The Balaban J connectivity index is 1.96. The fourth-order valence-corrected chi connectivity index (χ4v) is 2.56. The Morgan fingerprint density at radius 3 is 2.62 bits per heavy atom. The summed E-state index contributed by atoms with van der Waals surface area (Å²) >= 11 is 0. The van der Waals surface area contributed by atoms with E-state index in [1.54, 1.807) is 19.1 Å². The molecule has 8 heteroatoms. The van der Waals surface area contributed by atoms with Crippen LogP contribution < -0.4 is 15.0 Å². The standard InChI is InChI=1S/C16H14F3N3O2/c1-9-13(5-6-14(21-9)24-2)22-8-20-12-7-10(16(17,18)19)3-4-11(12)15(22)23/h3-7,20H,8H2,1-2H3. The van der Waals surface area contributed by atoms with Gasteiger partial charge in [-0.15, -0.1) is 0 Å². The Hall–Kier alpha value is -2.77. The fourth-order valence-electron chi connectivity index (χ4n) is 2.56. The van der Waals surface area contributed by atoms with Crippen LogP contribution in [0.4, 0.5) is 24.5 Å². The van der Waals surface area contributed by atoms with Crippen molar-refractivity contribution in [2.45, 2.75) is 13.1 Å². The van der Waals surface area contributed by atoms with E-state index >= 15 is 0 Å². The highest BCUT2D eigenvalue weighted by Crippen LogP contribution is 2.35. The Kier molecular flexibility index (Phi) is 3.82. The number of rotatable bonds is 2. The summed E-state index contributed by atoms with van der Waals surface area (Å²) < 4.78 is 43.4. The first-order valence-corrected chi connectivity index (χ1v) is 7.10. The number of pyridine rings is 1. The molecule has 2 aromatic rings. The summed E-state index contributed by atoms with van der Waals surface area (Å²) in [5, 5.41) is 2.86. The smallest absolute Gasteiger partial charge is 0.416 e. The van der Waals surface area contributed by atoms with Crippen LogP contribution >= 0.6 is 0 Å². The third-order valence-corrected chi connectivity index (χ3v) is 3.78. The van der Waals surface area contributed by atoms with Crippen molar-refractivity contribution < 1.29 is 22.7 Å². The van der Waals surface area contributed by atoms with Gasteiger partial charge in [-0.3, -0.25) is 9.69 Å². The molecule has 0 aliphatic carbocycles. The van der Waals surface area contributed by atoms with Gasteiger partial charge in [-0.2, -0.15) is 13.2 Å². The topological polar surface area (TPSA) is 54.5 Å². The maximum absolute atomic E-state index is 12.8. The number of hydrogen-bond acceptors (Lipinski definition) is 4. The quantitative estimate of drug-likeness (QED) is 0.912. The average Bonchev–Trinajstić information content (AvgIpc) is 2.54. The number of fused-ring (bicyclic) bond motifs is 1. The number of halogens is 3. The molecular weight excluding hydrogens is 323 g/mol. The average molecular weight is 337 g/mol. The van der Waals surface area contributed by atoms with Crippen LogP contribution in [0.15, 0.2) is 30.3 Å². The van der Waals surface area contributed by atoms with Crippen molar-refractivity contribution in [1.82, 2.24) is 4.98 Å². The molecule has 1 aliphatic heterocycles. The molecule has 0 fully saturated rings. The van der Waals surface area contributed by atoms with E-state index in [0.29, 0.717) is 17.3 Å². The number of ether oxygens (including phenoxy) is 1. The van der Waals surface area contributed by atoms with Gasteiger partial charge < -0.3 is 10.1 Å². The third-order valence-electron chi connectivity index (χ3n) is 3.78. The van der Waals surface area contributed by atoms with Crippen molar-refractivity contribution in [1.29, 1.82) is 0 Å². The second-order valence-corrected chi connectivity index (χ2v) is 5.28. The summed E-state index contributed by atoms with van der Waals surface area (Å²) in [5.41, 5.74) is 0.714. The van der Waals surface area contributed by atoms with Gasteiger partial charge in [0.05, 0.1) is 36.3 Å². The van der Waals surface area contributed by atoms with Crippen molar-refractivity contribution >= 4 is 17.3 Å². The lowest BCUT2D eigenvalue weighted by Crippen LogP contribution is -2.40. The van der Waals surface area contributed by atoms with Gasteiger partial charge in [-0.05, 0) is 31.2 Å². The van der Waals surface area contributed by atoms with Crippen LogP contribution in [0.1, 0.15) is 21.6 Å². The molecule has 24 heavy (non-hydrogen) atoms. The molecule has 0 bridgehead atoms. The van der Waals surface area contributed by atoms with Crippen LogP contribution in [-0.2, 0) is 6.18 Å². The predicted molar refractivity (Wildman–Crippen MR) is 82.3 cm³/mol. The second kappa shape index (κ2) is 5.70. The molecule has 1 aromatic heterocycles. The molecule has 1 N–H and O–H groups in total. The minimum atomic E-state index is -4.45. The van der Waals surface area contributed by atoms with E-state index < -0.39 is 11.7 Å². The fraction of sp³-hybridized carbons (Fsp3) is 0.250. The molecular formula is C16H14F3N3O2. The molecule has 0 saturated heterocycles. The van der Waals surface area contributed by atoms with Crippen LogP contribution in [-0.4, -0.2) is 24.7 Å². The first-order valence-electron chi connectivity index (χ1n) is 7.10. The number of aromatic nitrogens is 1. The molecule has 0 radical (unpaired) electrons. The van der Waals surface area contributed by atoms with Crippen molar-refractivity contribution in [3.05, 3.63) is 47.2 Å². The summed E-state index contributed by atoms with van der Waals surface area (Å²) in [4.78, 5) is 18.3. The first-order chi connectivity index (χ1) is 11.3. The lowest BCUT2D eigenvalue weighted by atomic mass is 10.1. The number of amides is 1. The number of aryl methyl sites for hydroxylation is 1. The molecule has 126 valence electrons. The molecule has 0 spiro atoms. The van der Waals surface area contributed by atoms with E-state index in [1.807, 2.05) is 0 Å². The molecule has 0 saturated carbocycles. The van der Waals surface area contributed by atoms with Gasteiger partial charge in [0.25, 0.3) is 5.91 Å². The van der Waals surface area contributed by atoms with Crippen LogP contribution in [0.3, 0.4) is 0 Å². The zero-order valence-corrected chi connectivity index (χ0v) is 12.9. The van der Waals surface area contributed by atoms with Crippen LogP contribution in [0.25, 0.3) is 0 Å². The minimum Gasteiger partial charge on any atom is -0.481 e. The number of hydrogen-bond donors (Lipinski definition) is 1. The lowest BCUT2D eigenvalue weighted by molar-refractivity contribution is -0.137. The zero-order chi connectivity index (χ0) is 17.5. The monoisotopic (exact) mass is 337 g/mol. The van der Waals surface area contributed by atoms with Crippen LogP contribution in [0.2, 0.25) is 0 Å². The van der Waals surface area contributed by atoms with E-state index in [1.165, 1.54) is 18.1 Å². The molecule has 0 unspecified atom stereocenters. The van der Waals surface area contributed by atoms with Crippen molar-refractivity contribution in [2.75, 3.05) is 24.0 Å². The highest BCUT2D eigenvalue weighted by atomic mass is 19.4. The molecule has 1 aromatic carbocycles. The molecule has 0 atom stereocenters. The number of alkyl halides is 3. The molecule has 2 heterocycles. The van der Waals surface area contributed by atoms with E-state index in [4.69, 9.17) is 4.74 Å². The number of methoxy groups -OCH3 is 1. The van der Waals surface area contributed by atoms with Gasteiger partial charge >= 0.3 is 6.18 Å². The van der Waals surface area contributed by atoms with Gasteiger partial charge in [0.15, 0.2) is 0 Å². The summed E-state index contributed by atoms with van der Waals surface area (Å²) in [5.74, 6) is 0.0384. The zero-order valence-electron chi connectivity index (χ0n) is 12.9. The number of nitrogens with one attached hydrogen (secondary N) is 1. The van der Waals surface area contributed by atoms with Gasteiger partial charge in [0, 0.05) is 11.8 Å². The Bertz CT molecular complexity index is 806. The maximum atomic E-state index is 12.8. The maximum Gasteiger partial charge on any atom is 0.416 e. The van der Waals surface area contributed by atoms with Crippen molar-refractivity contribution in [3.63, 3.8) is 0 Å². The number of anilines is 2. The Morgan fingerprint density at radius 1 is 1.25 bits per heavy atom. The third kappa shape index (κ3) is 2.75. The second-order valence-electron chi connectivity index (χ2n) is 5.28. The highest BCUT2D eigenvalue weighted by molar-refractivity contribution is 6.11. The molecule has 5 nitrogen and oxygen atoms in total. The van der Waals surface area contributed by atoms with E-state index in [2.05, 4.69) is 10.3 Å². The molecule has 3 rings (SSSR count). The Labute approximate surface area is 136 Å². The van der Waals surface area contributed by atoms with Crippen molar-refractivity contribution in [3.8, 4) is 5.88 Å². The summed E-state index contributed by atoms with van der Waals surface area (Å²) in [7, 11) is 1.49. The number of benzene rings is 1. The van der Waals surface area contributed by atoms with E-state index in [9.17, 15) is 18.0 Å². The predicted octanol–water partition coefficient (Wildman–Crippen LogP) is 3.45. The summed E-state index contributed by atoms with van der Waals surface area (Å²) in [6.07, 6.45) is -4.45. The van der Waals surface area contributed by atoms with Gasteiger partial charge in [-0.1, -0.05) is 0 Å². The molecule has 1 amide bonds. The first kappa shape index (κ1) is 16.1. The van der Waals surface area contributed by atoms with Gasteiger partial charge in [0.2, 0.25) is 5.88 Å². The Morgan fingerprint density at radius 2 is 2.00 bits per heavy atom. The van der Waals surface area contributed by atoms with Crippen molar-refractivity contribution in [2.24, 2.45) is 0 Å². The number of carbonyl (C=O) groups is 1. The normalized spacial score (nSPS) is 14.2. The van der Waals surface area contributed by atoms with Gasteiger partial charge in [0.1, 0.15) is 0 Å². The summed E-state index contributed by atoms with van der Waals surface area (Å²) in [6.45, 7) is 1.79. The highest BCUT2D eigenvalue weighted by Gasteiger charge is 2.33. The van der Waals surface area contributed by atoms with Gasteiger partial charge in [-0.25, -0.2) is 4.98 Å². The van der Waals surface area contributed by atoms with Crippen LogP contribution in [0.5, 0.6) is 5.88 Å². The largest absolute Gasteiger partial charge is 0.481 e.